The smallest absolute Gasteiger partial charge is 0.422 e. The van der Waals surface area contributed by atoms with Crippen LogP contribution in [-0.2, 0) is 33.5 Å². The first-order valence-electron chi connectivity index (χ1n) is 13.0. The molecular weight excluding hydrogens is 557 g/mol. The highest BCUT2D eigenvalue weighted by Gasteiger charge is 2.38. The van der Waals surface area contributed by atoms with Crippen LogP contribution in [0.15, 0.2) is 91.0 Å². The zero-order chi connectivity index (χ0) is 29.9. The second kappa shape index (κ2) is 12.0. The summed E-state index contributed by atoms with van der Waals surface area (Å²) in [5, 5.41) is 2.35. The van der Waals surface area contributed by atoms with Crippen LogP contribution in [0, 0.1) is 11.6 Å². The van der Waals surface area contributed by atoms with E-state index < -0.39 is 47.9 Å². The lowest BCUT2D eigenvalue weighted by molar-refractivity contribution is -0.147. The van der Waals surface area contributed by atoms with E-state index in [1.54, 1.807) is 30.3 Å². The second-order valence-electron chi connectivity index (χ2n) is 9.75. The van der Waals surface area contributed by atoms with Crippen molar-refractivity contribution < 1.29 is 41.0 Å². The molecule has 1 amide bonds. The lowest BCUT2D eigenvalue weighted by atomic mass is 9.98. The molecule has 0 saturated heterocycles. The Kier molecular flexibility index (Phi) is 8.24. The molecule has 0 aliphatic heterocycles. The van der Waals surface area contributed by atoms with E-state index in [1.165, 1.54) is 0 Å². The van der Waals surface area contributed by atoms with Gasteiger partial charge in [-0.05, 0) is 45.5 Å². The topological polar surface area (TPSA) is 64.6 Å². The van der Waals surface area contributed by atoms with Crippen molar-refractivity contribution in [3.8, 4) is 11.1 Å². The number of carbonyl (C=O) groups is 2. The van der Waals surface area contributed by atoms with Gasteiger partial charge in [0.25, 0.3) is 0 Å². The number of carbonyl (C=O) groups excluding carboxylic acids is 2. The third kappa shape index (κ3) is 6.27. The third-order valence-corrected chi connectivity index (χ3v) is 6.97. The number of alkyl halides is 3. The van der Waals surface area contributed by atoms with E-state index in [0.717, 1.165) is 22.3 Å². The second-order valence-corrected chi connectivity index (χ2v) is 9.75. The minimum atomic E-state index is -5.25. The summed E-state index contributed by atoms with van der Waals surface area (Å²) >= 11 is 0. The molecule has 1 aliphatic rings. The molecule has 5 nitrogen and oxygen atoms in total. The van der Waals surface area contributed by atoms with Crippen molar-refractivity contribution >= 4 is 12.1 Å². The number of hydrogen-bond donors (Lipinski definition) is 1. The van der Waals surface area contributed by atoms with Crippen molar-refractivity contribution in [1.29, 1.82) is 0 Å². The highest BCUT2D eigenvalue weighted by molar-refractivity contribution is 5.82. The molecule has 0 saturated carbocycles. The summed E-state index contributed by atoms with van der Waals surface area (Å²) in [4.78, 5) is 25.9. The van der Waals surface area contributed by atoms with Gasteiger partial charge in [-0.15, -0.1) is 0 Å². The van der Waals surface area contributed by atoms with E-state index in [4.69, 9.17) is 9.47 Å². The first kappa shape index (κ1) is 28.8. The number of rotatable bonds is 8. The normalized spacial score (nSPS) is 13.2. The minimum Gasteiger partial charge on any atom is -0.459 e. The van der Waals surface area contributed by atoms with Gasteiger partial charge in [-0.1, -0.05) is 78.9 Å². The standard InChI is InChI=1S/C32H24F5NO4/c33-26-14-20(15-27(34)29(26)32(35,36)37)16-28(30(39)41-17-19-8-2-1-3-9-19)38-31(40)42-18-25-23-12-6-4-10-21(23)22-11-5-7-13-24(22)25/h1-15,25,28H,16-18H2,(H,38,40). The monoisotopic (exact) mass is 581 g/mol. The van der Waals surface area contributed by atoms with Gasteiger partial charge in [0.15, 0.2) is 0 Å². The third-order valence-electron chi connectivity index (χ3n) is 6.97. The van der Waals surface area contributed by atoms with Crippen LogP contribution in [0.25, 0.3) is 11.1 Å². The predicted molar refractivity (Wildman–Crippen MR) is 143 cm³/mol. The Morgan fingerprint density at radius 3 is 1.88 bits per heavy atom. The Bertz CT molecular complexity index is 1540. The van der Waals surface area contributed by atoms with Gasteiger partial charge in [-0.3, -0.25) is 0 Å². The number of halogens is 5. The van der Waals surface area contributed by atoms with Crippen LogP contribution in [-0.4, -0.2) is 24.7 Å². The Balaban J connectivity index is 1.32. The van der Waals surface area contributed by atoms with E-state index >= 15 is 0 Å². The van der Waals surface area contributed by atoms with Gasteiger partial charge in [-0.2, -0.15) is 13.2 Å². The summed E-state index contributed by atoms with van der Waals surface area (Å²) in [6, 6.07) is 23.4. The lowest BCUT2D eigenvalue weighted by Gasteiger charge is -2.20. The molecule has 10 heteroatoms. The van der Waals surface area contributed by atoms with Crippen LogP contribution in [0.1, 0.15) is 33.7 Å². The molecule has 4 aromatic carbocycles. The Morgan fingerprint density at radius 1 is 0.762 bits per heavy atom. The Labute approximate surface area is 237 Å². The number of esters is 1. The van der Waals surface area contributed by atoms with Gasteiger partial charge in [0.2, 0.25) is 0 Å². The number of alkyl carbamates (subject to hydrolysis) is 1. The van der Waals surface area contributed by atoms with Gasteiger partial charge in [0.1, 0.15) is 36.5 Å². The van der Waals surface area contributed by atoms with Crippen molar-refractivity contribution in [3.05, 3.63) is 130 Å². The molecular formula is C32H24F5NO4. The SMILES string of the molecule is O=C(NC(Cc1cc(F)c(C(F)(F)F)c(F)c1)C(=O)OCc1ccccc1)OCC1c2ccccc2-c2ccccc21. The average molecular weight is 582 g/mol. The predicted octanol–water partition coefficient (Wildman–Crippen LogP) is 7.18. The number of benzene rings is 4. The number of fused-ring (bicyclic) bond motifs is 3. The first-order valence-corrected chi connectivity index (χ1v) is 13.0. The van der Waals surface area contributed by atoms with E-state index in [0.29, 0.717) is 17.7 Å². The molecule has 0 spiro atoms. The van der Waals surface area contributed by atoms with E-state index in [1.807, 2.05) is 48.5 Å². The zero-order valence-electron chi connectivity index (χ0n) is 22.0. The van der Waals surface area contributed by atoms with Crippen LogP contribution < -0.4 is 5.32 Å². The molecule has 42 heavy (non-hydrogen) atoms. The van der Waals surface area contributed by atoms with Crippen LogP contribution >= 0.6 is 0 Å². The fourth-order valence-corrected chi connectivity index (χ4v) is 5.05. The number of hydrogen-bond acceptors (Lipinski definition) is 4. The molecule has 0 bridgehead atoms. The van der Waals surface area contributed by atoms with Crippen LogP contribution in [0.2, 0.25) is 0 Å². The van der Waals surface area contributed by atoms with Gasteiger partial charge in [0.05, 0.1) is 0 Å². The van der Waals surface area contributed by atoms with Crippen molar-refractivity contribution in [2.75, 3.05) is 6.61 Å². The Morgan fingerprint density at radius 2 is 1.31 bits per heavy atom. The molecule has 0 heterocycles. The molecule has 1 atom stereocenters. The maximum absolute atomic E-state index is 14.2. The Hall–Kier alpha value is -4.73. The highest BCUT2D eigenvalue weighted by atomic mass is 19.4. The maximum atomic E-state index is 14.2. The summed E-state index contributed by atoms with van der Waals surface area (Å²) in [6.45, 7) is -0.243. The average Bonchev–Trinajstić information content (AvgIpc) is 3.27. The summed E-state index contributed by atoms with van der Waals surface area (Å²) < 4.78 is 78.4. The van der Waals surface area contributed by atoms with Crippen molar-refractivity contribution in [3.63, 3.8) is 0 Å². The molecule has 4 aromatic rings. The van der Waals surface area contributed by atoms with E-state index in [-0.39, 0.29) is 24.7 Å². The summed E-state index contributed by atoms with van der Waals surface area (Å²) in [5.41, 5.74) is 2.24. The van der Waals surface area contributed by atoms with Gasteiger partial charge in [0, 0.05) is 12.3 Å². The van der Waals surface area contributed by atoms with Crippen LogP contribution in [0.5, 0.6) is 0 Å². The fraction of sp³-hybridized carbons (Fsp3) is 0.188. The molecule has 1 unspecified atom stereocenters. The van der Waals surface area contributed by atoms with E-state index in [9.17, 15) is 31.5 Å². The molecule has 0 fully saturated rings. The fourth-order valence-electron chi connectivity index (χ4n) is 5.05. The van der Waals surface area contributed by atoms with Crippen LogP contribution in [0.4, 0.5) is 26.7 Å². The number of nitrogens with one attached hydrogen (secondary N) is 1. The van der Waals surface area contributed by atoms with E-state index in [2.05, 4.69) is 5.32 Å². The van der Waals surface area contributed by atoms with Crippen molar-refractivity contribution in [1.82, 2.24) is 5.32 Å². The quantitative estimate of drug-likeness (QED) is 0.177. The first-order chi connectivity index (χ1) is 20.1. The summed E-state index contributed by atoms with van der Waals surface area (Å²) in [7, 11) is 0. The summed E-state index contributed by atoms with van der Waals surface area (Å²) in [5.74, 6) is -4.91. The molecule has 216 valence electrons. The lowest BCUT2D eigenvalue weighted by Crippen LogP contribution is -2.44. The number of amides is 1. The molecule has 5 rings (SSSR count). The zero-order valence-corrected chi connectivity index (χ0v) is 22.0. The van der Waals surface area contributed by atoms with Crippen LogP contribution in [0.3, 0.4) is 0 Å². The van der Waals surface area contributed by atoms with Gasteiger partial charge in [-0.25, -0.2) is 18.4 Å². The minimum absolute atomic E-state index is 0.0742. The van der Waals surface area contributed by atoms with Gasteiger partial charge < -0.3 is 14.8 Å². The maximum Gasteiger partial charge on any atom is 0.422 e. The largest absolute Gasteiger partial charge is 0.459 e. The molecule has 1 N–H and O–H groups in total. The molecule has 0 aromatic heterocycles. The molecule has 1 aliphatic carbocycles. The molecule has 0 radical (unpaired) electrons. The summed E-state index contributed by atoms with van der Waals surface area (Å²) in [6.07, 6.45) is -6.81. The van der Waals surface area contributed by atoms with Crippen molar-refractivity contribution in [2.45, 2.75) is 31.2 Å². The number of ether oxygens (including phenoxy) is 2. The van der Waals surface area contributed by atoms with Crippen molar-refractivity contribution in [2.24, 2.45) is 0 Å². The highest BCUT2D eigenvalue weighted by Crippen LogP contribution is 2.44. The van der Waals surface area contributed by atoms with Gasteiger partial charge >= 0.3 is 18.2 Å².